The van der Waals surface area contributed by atoms with Crippen molar-refractivity contribution < 1.29 is 22.7 Å². The van der Waals surface area contributed by atoms with Crippen LogP contribution < -0.4 is 4.74 Å². The Kier molecular flexibility index (Phi) is 6.27. The Labute approximate surface area is 133 Å². The molecule has 0 saturated carbocycles. The number of carbonyl (C=O) groups excluding carboxylic acids is 1. The molecule has 6 nitrogen and oxygen atoms in total. The van der Waals surface area contributed by atoms with Crippen molar-refractivity contribution in [2.24, 2.45) is 0 Å². The number of methoxy groups -OCH3 is 1. The summed E-state index contributed by atoms with van der Waals surface area (Å²) in [6.45, 7) is 1.79. The Balaban J connectivity index is 3.26. The number of hydrogen-bond acceptors (Lipinski definition) is 5. The van der Waals surface area contributed by atoms with Gasteiger partial charge in [-0.2, -0.15) is 4.31 Å². The van der Waals surface area contributed by atoms with Crippen molar-refractivity contribution in [3.63, 3.8) is 0 Å². The molecule has 0 amide bonds. The van der Waals surface area contributed by atoms with Gasteiger partial charge in [0.05, 0.1) is 12.1 Å². The molecule has 9 heteroatoms. The Morgan fingerprint density at radius 3 is 2.48 bits per heavy atom. The predicted molar refractivity (Wildman–Crippen MR) is 79.6 cm³/mol. The Bertz CT molecular complexity index is 633. The summed E-state index contributed by atoms with van der Waals surface area (Å²) in [5.41, 5.74) is 0.407. The lowest BCUT2D eigenvalue weighted by Gasteiger charge is -2.20. The molecule has 0 N–H and O–H groups in total. The molecule has 21 heavy (non-hydrogen) atoms. The lowest BCUT2D eigenvalue weighted by molar-refractivity contribution is -0.128. The van der Waals surface area contributed by atoms with E-state index in [-0.39, 0.29) is 34.6 Å². The summed E-state index contributed by atoms with van der Waals surface area (Å²) in [5.74, 6) is 0.296. The lowest BCUT2D eigenvalue weighted by Crippen LogP contribution is -2.31. The van der Waals surface area contributed by atoms with Gasteiger partial charge in [0.1, 0.15) is 22.3 Å². The number of carbonyl (C=O) groups is 1. The molecule has 0 spiro atoms. The summed E-state index contributed by atoms with van der Waals surface area (Å²) in [6.07, 6.45) is 0. The van der Waals surface area contributed by atoms with E-state index in [0.29, 0.717) is 11.3 Å². The van der Waals surface area contributed by atoms with Gasteiger partial charge in [0.15, 0.2) is 0 Å². The molecule has 0 fully saturated rings. The minimum Gasteiger partial charge on any atom is -0.495 e. The Morgan fingerprint density at radius 2 is 1.95 bits per heavy atom. The van der Waals surface area contributed by atoms with Crippen LogP contribution in [0, 0.1) is 6.92 Å². The van der Waals surface area contributed by atoms with Gasteiger partial charge in [0.25, 0.3) is 6.47 Å². The first-order valence-electron chi connectivity index (χ1n) is 5.81. The summed E-state index contributed by atoms with van der Waals surface area (Å²) in [6, 6.07) is 1.50. The molecule has 0 aromatic heterocycles. The van der Waals surface area contributed by atoms with Crippen LogP contribution in [0.25, 0.3) is 0 Å². The third-order valence-corrected chi connectivity index (χ3v) is 5.80. The van der Waals surface area contributed by atoms with Crippen LogP contribution in [0.5, 0.6) is 5.75 Å². The van der Waals surface area contributed by atoms with Crippen LogP contribution in [0.4, 0.5) is 0 Å². The second kappa shape index (κ2) is 7.31. The van der Waals surface area contributed by atoms with Gasteiger partial charge >= 0.3 is 0 Å². The van der Waals surface area contributed by atoms with Gasteiger partial charge in [-0.05, 0) is 18.6 Å². The fourth-order valence-corrected chi connectivity index (χ4v) is 3.91. The zero-order valence-corrected chi connectivity index (χ0v) is 14.0. The number of nitrogens with zero attached hydrogens (tertiary/aromatic N) is 1. The van der Waals surface area contributed by atoms with Gasteiger partial charge in [0.2, 0.25) is 10.0 Å². The van der Waals surface area contributed by atoms with E-state index < -0.39 is 10.0 Å². The van der Waals surface area contributed by atoms with E-state index in [9.17, 15) is 13.2 Å². The monoisotopic (exact) mass is 355 g/mol. The first-order chi connectivity index (χ1) is 9.77. The smallest absolute Gasteiger partial charge is 0.293 e. The molecule has 0 bridgehead atoms. The van der Waals surface area contributed by atoms with Gasteiger partial charge < -0.3 is 9.47 Å². The number of ether oxygens (including phenoxy) is 2. The normalized spacial score (nSPS) is 11.5. The third-order valence-electron chi connectivity index (χ3n) is 2.79. The average molecular weight is 356 g/mol. The maximum atomic E-state index is 12.5. The fourth-order valence-electron chi connectivity index (χ4n) is 1.68. The molecule has 0 saturated heterocycles. The first-order valence-corrected chi connectivity index (χ1v) is 8.01. The second-order valence-electron chi connectivity index (χ2n) is 4.15. The molecular weight excluding hydrogens is 341 g/mol. The number of aryl methyl sites for hydroxylation is 1. The standard InChI is InChI=1S/C12H15Cl2NO5S/c1-8-6-9(19-3)10(13)11(14)12(8)21(17,18)15(2)4-5-20-7-16/h6-7H,4-5H2,1-3H3. The largest absolute Gasteiger partial charge is 0.495 e. The van der Waals surface area contributed by atoms with Crippen LogP contribution in [-0.4, -0.2) is 46.5 Å². The van der Waals surface area contributed by atoms with Crippen molar-refractivity contribution in [2.75, 3.05) is 27.3 Å². The van der Waals surface area contributed by atoms with E-state index >= 15 is 0 Å². The van der Waals surface area contributed by atoms with Crippen LogP contribution >= 0.6 is 23.2 Å². The first kappa shape index (κ1) is 18.0. The van der Waals surface area contributed by atoms with Crippen molar-refractivity contribution in [1.82, 2.24) is 4.31 Å². The fraction of sp³-hybridized carbons (Fsp3) is 0.417. The molecule has 1 aromatic carbocycles. The highest BCUT2D eigenvalue weighted by molar-refractivity contribution is 7.89. The van der Waals surface area contributed by atoms with Gasteiger partial charge in [-0.3, -0.25) is 4.79 Å². The average Bonchev–Trinajstić information content (AvgIpc) is 2.42. The van der Waals surface area contributed by atoms with E-state index in [0.717, 1.165) is 4.31 Å². The van der Waals surface area contributed by atoms with Gasteiger partial charge in [-0.15, -0.1) is 0 Å². The SMILES string of the molecule is COc1cc(C)c(S(=O)(=O)N(C)CCOC=O)c(Cl)c1Cl. The molecule has 118 valence electrons. The van der Waals surface area contributed by atoms with Gasteiger partial charge in [0, 0.05) is 13.6 Å². The predicted octanol–water partition coefficient (Wildman–Crippen LogP) is 2.10. The Hall–Kier alpha value is -1.02. The molecule has 0 aliphatic heterocycles. The molecule has 1 rings (SSSR count). The van der Waals surface area contributed by atoms with Crippen molar-refractivity contribution in [2.45, 2.75) is 11.8 Å². The van der Waals surface area contributed by atoms with Crippen LogP contribution in [0.3, 0.4) is 0 Å². The van der Waals surface area contributed by atoms with E-state index in [1.165, 1.54) is 20.2 Å². The van der Waals surface area contributed by atoms with Crippen LogP contribution in [-0.2, 0) is 19.6 Å². The minimum absolute atomic E-state index is 0.000487. The van der Waals surface area contributed by atoms with Crippen LogP contribution in [0.2, 0.25) is 10.0 Å². The van der Waals surface area contributed by atoms with E-state index in [2.05, 4.69) is 4.74 Å². The highest BCUT2D eigenvalue weighted by atomic mass is 35.5. The summed E-state index contributed by atoms with van der Waals surface area (Å²) >= 11 is 12.1. The second-order valence-corrected chi connectivity index (χ2v) is 6.88. The summed E-state index contributed by atoms with van der Waals surface area (Å²) in [7, 11) is -1.09. The van der Waals surface area contributed by atoms with Crippen molar-refractivity contribution in [3.8, 4) is 5.75 Å². The maximum Gasteiger partial charge on any atom is 0.293 e. The molecular formula is C12H15Cl2NO5S. The van der Waals surface area contributed by atoms with E-state index in [1.807, 2.05) is 0 Å². The van der Waals surface area contributed by atoms with Crippen molar-refractivity contribution in [3.05, 3.63) is 21.7 Å². The topological polar surface area (TPSA) is 72.9 Å². The molecule has 0 heterocycles. The van der Waals surface area contributed by atoms with E-state index in [4.69, 9.17) is 27.9 Å². The summed E-state index contributed by atoms with van der Waals surface area (Å²) in [5, 5.41) is -0.0717. The van der Waals surface area contributed by atoms with Crippen molar-refractivity contribution >= 4 is 39.7 Å². The van der Waals surface area contributed by atoms with Gasteiger partial charge in [-0.1, -0.05) is 23.2 Å². The van der Waals surface area contributed by atoms with E-state index in [1.54, 1.807) is 6.92 Å². The lowest BCUT2D eigenvalue weighted by atomic mass is 10.2. The van der Waals surface area contributed by atoms with Crippen molar-refractivity contribution in [1.29, 1.82) is 0 Å². The zero-order valence-electron chi connectivity index (χ0n) is 11.7. The Morgan fingerprint density at radius 1 is 1.33 bits per heavy atom. The van der Waals surface area contributed by atoms with Crippen LogP contribution in [0.15, 0.2) is 11.0 Å². The van der Waals surface area contributed by atoms with Crippen LogP contribution in [0.1, 0.15) is 5.56 Å². The number of sulfonamides is 1. The number of likely N-dealkylation sites (N-methyl/N-ethyl adjacent to an activating group) is 1. The molecule has 0 radical (unpaired) electrons. The molecule has 0 atom stereocenters. The molecule has 1 aromatic rings. The number of hydrogen-bond donors (Lipinski definition) is 0. The number of rotatable bonds is 7. The minimum atomic E-state index is -3.86. The zero-order chi connectivity index (χ0) is 16.2. The molecule has 0 aliphatic rings. The highest BCUT2D eigenvalue weighted by Crippen LogP contribution is 2.39. The maximum absolute atomic E-state index is 12.5. The molecule has 0 aliphatic carbocycles. The summed E-state index contributed by atoms with van der Waals surface area (Å²) < 4.78 is 35.6. The summed E-state index contributed by atoms with van der Waals surface area (Å²) in [4.78, 5) is 9.99. The number of benzene rings is 1. The third kappa shape index (κ3) is 3.79. The highest BCUT2D eigenvalue weighted by Gasteiger charge is 2.28. The van der Waals surface area contributed by atoms with Gasteiger partial charge in [-0.25, -0.2) is 8.42 Å². The quantitative estimate of drug-likeness (QED) is 0.553. The molecule has 0 unspecified atom stereocenters. The number of halogens is 2.